The van der Waals surface area contributed by atoms with E-state index in [2.05, 4.69) is 9.72 Å². The van der Waals surface area contributed by atoms with Crippen molar-refractivity contribution in [1.29, 1.82) is 0 Å². The van der Waals surface area contributed by atoms with Crippen LogP contribution in [-0.4, -0.2) is 49.2 Å². The van der Waals surface area contributed by atoms with E-state index in [1.54, 1.807) is 19.0 Å². The van der Waals surface area contributed by atoms with Crippen LogP contribution in [0.3, 0.4) is 0 Å². The molecule has 2 heterocycles. The second-order valence-corrected chi connectivity index (χ2v) is 4.84. The molecule has 3 rings (SSSR count). The Kier molecular flexibility index (Phi) is 1.88. The van der Waals surface area contributed by atoms with Crippen LogP contribution in [0.2, 0.25) is 0 Å². The Morgan fingerprint density at radius 2 is 2.43 bits per heavy atom. The smallest absolute Gasteiger partial charge is 0.407 e. The van der Waals surface area contributed by atoms with Gasteiger partial charge in [0, 0.05) is 29.1 Å². The van der Waals surface area contributed by atoms with Gasteiger partial charge >= 0.3 is 6.09 Å². The lowest BCUT2D eigenvalue weighted by atomic mass is 10.0. The highest BCUT2D eigenvalue weighted by Crippen LogP contribution is 2.21. The number of likely N-dealkylation sites (N-methyl/N-ethyl adjacent to an activating group) is 1. The van der Waals surface area contributed by atoms with Gasteiger partial charge in [0.15, 0.2) is 0 Å². The molecule has 1 aromatic heterocycles. The predicted molar refractivity (Wildman–Crippen MR) is 82.5 cm³/mol. The summed E-state index contributed by atoms with van der Waals surface area (Å²) in [6, 6.07) is -4.19. The summed E-state index contributed by atoms with van der Waals surface area (Å²) in [6.45, 7) is -0.816. The maximum absolute atomic E-state index is 11.4. The Morgan fingerprint density at radius 3 is 3.14 bits per heavy atom. The number of aromatic amines is 1. The van der Waals surface area contributed by atoms with Crippen molar-refractivity contribution >= 4 is 17.0 Å². The van der Waals surface area contributed by atoms with Crippen LogP contribution in [0.5, 0.6) is 0 Å². The van der Waals surface area contributed by atoms with Crippen LogP contribution in [0.15, 0.2) is 24.3 Å². The van der Waals surface area contributed by atoms with Gasteiger partial charge in [-0.1, -0.05) is 6.04 Å². The molecule has 1 aromatic carbocycles. The molecule has 0 unspecified atom stereocenters. The van der Waals surface area contributed by atoms with Crippen LogP contribution in [-0.2, 0) is 17.5 Å². The number of carbonyl (C=O) groups is 1. The van der Waals surface area contributed by atoms with Crippen LogP contribution in [0.1, 0.15) is 23.5 Å². The summed E-state index contributed by atoms with van der Waals surface area (Å²) in [5, 5.41) is 1.85. The average molecular weight is 296 g/mol. The molecule has 1 aliphatic rings. The maximum atomic E-state index is 11.4. The average Bonchev–Trinajstić information content (AvgIpc) is 3.12. The summed E-state index contributed by atoms with van der Waals surface area (Å²) >= 11 is 0. The standard InChI is InChI=1S/C16H21N3O2/c1-19(2)6-5-12-9-17-15-4-3-11(8-14(12)15)7-13-10-21-16(20)18-13/h3-4,8-9,13,17H,5-7,10H2,1-2H3,(H,18,20)/t13-/m0/s1/i3D,4D,5D2,7D2,8D,9D,13D. The molecule has 112 valence electrons. The fourth-order valence-corrected chi connectivity index (χ4v) is 1.86. The summed E-state index contributed by atoms with van der Waals surface area (Å²) in [4.78, 5) is 15.5. The second kappa shape index (κ2) is 5.77. The third kappa shape index (κ3) is 3.19. The molecule has 1 atom stereocenters. The topological polar surface area (TPSA) is 57.4 Å². The van der Waals surface area contributed by atoms with Gasteiger partial charge in [0.1, 0.15) is 6.61 Å². The molecule has 0 bridgehead atoms. The van der Waals surface area contributed by atoms with Crippen molar-refractivity contribution in [2.75, 3.05) is 27.2 Å². The Hall–Kier alpha value is -2.01. The number of benzene rings is 1. The summed E-state index contributed by atoms with van der Waals surface area (Å²) < 4.78 is 80.0. The van der Waals surface area contributed by atoms with E-state index in [4.69, 9.17) is 12.3 Å². The number of alkyl carbamates (subject to hydrolysis) is 1. The fourth-order valence-electron chi connectivity index (χ4n) is 1.86. The number of hydrogen-bond donors (Lipinski definition) is 2. The highest BCUT2D eigenvalue weighted by Gasteiger charge is 2.22. The number of ether oxygens (including phenoxy) is 1. The van der Waals surface area contributed by atoms with Crippen LogP contribution < -0.4 is 5.32 Å². The fraction of sp³-hybridized carbons (Fsp3) is 0.438. The minimum atomic E-state index is -2.82. The lowest BCUT2D eigenvalue weighted by Crippen LogP contribution is -2.28. The first-order valence-corrected chi connectivity index (χ1v) is 6.36. The molecule has 1 saturated heterocycles. The molecule has 5 nitrogen and oxygen atoms in total. The molecule has 1 aliphatic heterocycles. The number of nitrogens with one attached hydrogen (secondary N) is 2. The molecule has 21 heavy (non-hydrogen) atoms. The number of fused-ring (bicyclic) bond motifs is 1. The summed E-state index contributed by atoms with van der Waals surface area (Å²) in [7, 11) is 3.26. The van der Waals surface area contributed by atoms with E-state index in [1.807, 2.05) is 5.32 Å². The number of amides is 1. The molecule has 0 saturated carbocycles. The van der Waals surface area contributed by atoms with Crippen molar-refractivity contribution in [2.24, 2.45) is 0 Å². The zero-order valence-electron chi connectivity index (χ0n) is 20.7. The Balaban J connectivity index is 2.35. The maximum Gasteiger partial charge on any atom is 0.407 e. The van der Waals surface area contributed by atoms with Crippen LogP contribution in [0.4, 0.5) is 4.79 Å². The number of nitrogens with zero attached hydrogens (tertiary/aromatic N) is 1. The van der Waals surface area contributed by atoms with Crippen molar-refractivity contribution in [2.45, 2.75) is 18.8 Å². The van der Waals surface area contributed by atoms with Crippen molar-refractivity contribution < 1.29 is 21.9 Å². The van der Waals surface area contributed by atoms with Gasteiger partial charge in [0.05, 0.1) is 12.9 Å². The number of H-pyrrole nitrogens is 1. The van der Waals surface area contributed by atoms with E-state index in [0.29, 0.717) is 0 Å². The normalized spacial score (nSPS) is 29.3. The lowest BCUT2D eigenvalue weighted by molar-refractivity contribution is 0.177. The number of carbonyl (C=O) groups excluding carboxylic acids is 1. The van der Waals surface area contributed by atoms with Gasteiger partial charge < -0.3 is 19.9 Å². The van der Waals surface area contributed by atoms with Gasteiger partial charge in [-0.3, -0.25) is 0 Å². The Labute approximate surface area is 136 Å². The van der Waals surface area contributed by atoms with Crippen LogP contribution >= 0.6 is 0 Å². The SMILES string of the molecule is [2H]c1[nH]c2c([2H])c([2H])c(C([2H])([2H])[C@@]3([2H])COC(=O)N3)c([2H])c2c1C([2H])([2H])CN(C)C. The van der Waals surface area contributed by atoms with Crippen LogP contribution in [0.25, 0.3) is 10.9 Å². The van der Waals surface area contributed by atoms with Crippen molar-refractivity contribution in [3.8, 4) is 0 Å². The third-order valence-corrected chi connectivity index (χ3v) is 2.82. The first kappa shape index (κ1) is 6.83. The van der Waals surface area contributed by atoms with E-state index in [1.165, 1.54) is 0 Å². The molecular weight excluding hydrogens is 266 g/mol. The Bertz CT molecular complexity index is 1040. The van der Waals surface area contributed by atoms with Gasteiger partial charge in [-0.05, 0) is 50.1 Å². The summed E-state index contributed by atoms with van der Waals surface area (Å²) in [5.74, 6) is 0. The number of hydrogen-bond acceptors (Lipinski definition) is 3. The van der Waals surface area contributed by atoms with Crippen molar-refractivity contribution in [3.63, 3.8) is 0 Å². The molecule has 1 amide bonds. The minimum Gasteiger partial charge on any atom is -0.447 e. The largest absolute Gasteiger partial charge is 0.447 e. The van der Waals surface area contributed by atoms with E-state index < -0.39 is 55.2 Å². The summed E-state index contributed by atoms with van der Waals surface area (Å²) in [6.07, 6.45) is -6.34. The van der Waals surface area contributed by atoms with Gasteiger partial charge in [0.2, 0.25) is 0 Å². The quantitative estimate of drug-likeness (QED) is 0.886. The first-order chi connectivity index (χ1) is 13.6. The number of cyclic esters (lactones) is 1. The second-order valence-electron chi connectivity index (χ2n) is 4.84. The molecular formula is C16H21N3O2. The van der Waals surface area contributed by atoms with Crippen LogP contribution in [0, 0.1) is 0 Å². The predicted octanol–water partition coefficient (Wildman–Crippen LogP) is 1.92. The lowest BCUT2D eigenvalue weighted by Gasteiger charge is -2.09. The number of rotatable bonds is 5. The van der Waals surface area contributed by atoms with Crippen molar-refractivity contribution in [1.82, 2.24) is 15.2 Å². The summed E-state index contributed by atoms with van der Waals surface area (Å²) in [5.41, 5.74) is -1.01. The van der Waals surface area contributed by atoms with Gasteiger partial charge in [0.25, 0.3) is 0 Å². The van der Waals surface area contributed by atoms with Gasteiger partial charge in [-0.15, -0.1) is 0 Å². The van der Waals surface area contributed by atoms with E-state index >= 15 is 0 Å². The third-order valence-electron chi connectivity index (χ3n) is 2.82. The number of aromatic nitrogens is 1. The molecule has 0 spiro atoms. The highest BCUT2D eigenvalue weighted by molar-refractivity contribution is 5.84. The molecule has 0 radical (unpaired) electrons. The van der Waals surface area contributed by atoms with E-state index in [-0.39, 0.29) is 29.2 Å². The Morgan fingerprint density at radius 1 is 1.57 bits per heavy atom. The molecule has 1 fully saturated rings. The zero-order valence-corrected chi connectivity index (χ0v) is 11.7. The van der Waals surface area contributed by atoms with Gasteiger partial charge in [-0.2, -0.15) is 0 Å². The molecule has 2 aromatic rings. The van der Waals surface area contributed by atoms with E-state index in [0.717, 1.165) is 0 Å². The minimum absolute atomic E-state index is 0.127. The molecule has 5 heteroatoms. The van der Waals surface area contributed by atoms with Crippen molar-refractivity contribution in [3.05, 3.63) is 35.4 Å². The molecule has 0 aliphatic carbocycles. The first-order valence-electron chi connectivity index (χ1n) is 10.9. The molecule has 2 N–H and O–H groups in total. The highest BCUT2D eigenvalue weighted by atomic mass is 16.6. The monoisotopic (exact) mass is 296 g/mol. The van der Waals surface area contributed by atoms with Gasteiger partial charge in [-0.25, -0.2) is 4.79 Å². The zero-order chi connectivity index (χ0) is 22.8. The van der Waals surface area contributed by atoms with E-state index in [9.17, 15) is 4.79 Å².